The standard InChI is InChI=1S/C10H14O4.H2O/c1-2-14-10(13)6-7-8(11)4-3-5-9(7)12;/h7H,2-6H2,1H3;1H2. The number of rotatable bonds is 3. The summed E-state index contributed by atoms with van der Waals surface area (Å²) in [5, 5.41) is 0. The molecule has 5 nitrogen and oxygen atoms in total. The van der Waals surface area contributed by atoms with E-state index in [2.05, 4.69) is 0 Å². The van der Waals surface area contributed by atoms with Crippen molar-refractivity contribution in [3.05, 3.63) is 0 Å². The van der Waals surface area contributed by atoms with Gasteiger partial charge in [0.2, 0.25) is 0 Å². The summed E-state index contributed by atoms with van der Waals surface area (Å²) in [7, 11) is 0. The maximum absolute atomic E-state index is 11.3. The molecule has 0 spiro atoms. The summed E-state index contributed by atoms with van der Waals surface area (Å²) in [5.74, 6) is -1.42. The SMILES string of the molecule is CCOC(=O)CC1C(=O)CCCC1=O.O. The van der Waals surface area contributed by atoms with Crippen molar-refractivity contribution < 1.29 is 24.6 Å². The van der Waals surface area contributed by atoms with Gasteiger partial charge in [-0.1, -0.05) is 0 Å². The van der Waals surface area contributed by atoms with Crippen LogP contribution in [0.3, 0.4) is 0 Å². The smallest absolute Gasteiger partial charge is 0.306 e. The van der Waals surface area contributed by atoms with E-state index in [4.69, 9.17) is 4.74 Å². The Kier molecular flexibility index (Phi) is 5.77. The molecule has 0 unspecified atom stereocenters. The van der Waals surface area contributed by atoms with Crippen LogP contribution in [-0.4, -0.2) is 29.6 Å². The summed E-state index contributed by atoms with van der Waals surface area (Å²) < 4.78 is 4.70. The van der Waals surface area contributed by atoms with Gasteiger partial charge < -0.3 is 10.2 Å². The van der Waals surface area contributed by atoms with Crippen LogP contribution in [-0.2, 0) is 19.1 Å². The van der Waals surface area contributed by atoms with E-state index in [1.54, 1.807) is 6.92 Å². The molecule has 0 aromatic rings. The lowest BCUT2D eigenvalue weighted by Crippen LogP contribution is -2.31. The molecule has 0 saturated heterocycles. The highest BCUT2D eigenvalue weighted by molar-refractivity contribution is 6.06. The van der Waals surface area contributed by atoms with Gasteiger partial charge in [-0.3, -0.25) is 14.4 Å². The molecule has 1 fully saturated rings. The van der Waals surface area contributed by atoms with Crippen LogP contribution in [0.1, 0.15) is 32.6 Å². The van der Waals surface area contributed by atoms with Crippen LogP contribution in [0.5, 0.6) is 0 Å². The quantitative estimate of drug-likeness (QED) is 0.492. The van der Waals surface area contributed by atoms with Crippen LogP contribution >= 0.6 is 0 Å². The number of esters is 1. The molecule has 1 saturated carbocycles. The molecule has 5 heteroatoms. The topological polar surface area (TPSA) is 91.9 Å². The fourth-order valence-corrected chi connectivity index (χ4v) is 1.58. The summed E-state index contributed by atoms with van der Waals surface area (Å²) >= 11 is 0. The highest BCUT2D eigenvalue weighted by Crippen LogP contribution is 2.20. The fraction of sp³-hybridized carbons (Fsp3) is 0.700. The van der Waals surface area contributed by atoms with Crippen molar-refractivity contribution in [1.82, 2.24) is 0 Å². The maximum Gasteiger partial charge on any atom is 0.306 e. The second-order valence-electron chi connectivity index (χ2n) is 3.35. The molecule has 0 bridgehead atoms. The Morgan fingerprint density at radius 3 is 2.33 bits per heavy atom. The van der Waals surface area contributed by atoms with Gasteiger partial charge in [-0.2, -0.15) is 0 Å². The van der Waals surface area contributed by atoms with Crippen LogP contribution in [0, 0.1) is 5.92 Å². The lowest BCUT2D eigenvalue weighted by Gasteiger charge is -2.18. The van der Waals surface area contributed by atoms with Gasteiger partial charge in [-0.15, -0.1) is 0 Å². The number of ether oxygens (including phenoxy) is 1. The summed E-state index contributed by atoms with van der Waals surface area (Å²) in [4.78, 5) is 33.7. The molecule has 0 heterocycles. The second-order valence-corrected chi connectivity index (χ2v) is 3.35. The zero-order valence-electron chi connectivity index (χ0n) is 8.75. The van der Waals surface area contributed by atoms with Crippen LogP contribution < -0.4 is 0 Å². The van der Waals surface area contributed by atoms with E-state index in [9.17, 15) is 14.4 Å². The zero-order chi connectivity index (χ0) is 10.6. The van der Waals surface area contributed by atoms with Crippen LogP contribution in [0.4, 0.5) is 0 Å². The van der Waals surface area contributed by atoms with E-state index in [-0.39, 0.29) is 30.1 Å². The molecule has 0 aromatic carbocycles. The van der Waals surface area contributed by atoms with Gasteiger partial charge in [0.15, 0.2) is 0 Å². The Balaban J connectivity index is 0.00000196. The van der Waals surface area contributed by atoms with Gasteiger partial charge >= 0.3 is 5.97 Å². The number of carbonyl (C=O) groups excluding carboxylic acids is 3. The molecule has 1 rings (SSSR count). The third kappa shape index (κ3) is 3.79. The molecule has 0 atom stereocenters. The Bertz CT molecular complexity index is 243. The molecule has 0 aliphatic heterocycles. The minimum absolute atomic E-state index is 0. The van der Waals surface area contributed by atoms with E-state index < -0.39 is 11.9 Å². The van der Waals surface area contributed by atoms with Gasteiger partial charge in [-0.05, 0) is 13.3 Å². The third-order valence-electron chi connectivity index (χ3n) is 2.30. The first kappa shape index (κ1) is 13.8. The van der Waals surface area contributed by atoms with E-state index in [1.807, 2.05) is 0 Å². The Morgan fingerprint density at radius 1 is 1.33 bits per heavy atom. The minimum atomic E-state index is -0.734. The summed E-state index contributed by atoms with van der Waals surface area (Å²) in [6.07, 6.45) is 1.37. The lowest BCUT2D eigenvalue weighted by molar-refractivity contribution is -0.149. The van der Waals surface area contributed by atoms with Gasteiger partial charge in [-0.25, -0.2) is 0 Å². The molecule has 86 valence electrons. The highest BCUT2D eigenvalue weighted by atomic mass is 16.5. The average Bonchev–Trinajstić information content (AvgIpc) is 2.12. The number of carbonyl (C=O) groups is 3. The predicted octanol–water partition coefficient (Wildman–Crippen LogP) is 0.0532. The van der Waals surface area contributed by atoms with Gasteiger partial charge in [0.25, 0.3) is 0 Å². The molecular weight excluding hydrogens is 200 g/mol. The van der Waals surface area contributed by atoms with Crippen molar-refractivity contribution in [3.8, 4) is 0 Å². The van der Waals surface area contributed by atoms with Gasteiger partial charge in [0.05, 0.1) is 18.9 Å². The Labute approximate surface area is 88.1 Å². The number of Topliss-reactive ketones (excluding diaryl/α,β-unsaturated/α-hetero) is 2. The first-order valence-electron chi connectivity index (χ1n) is 4.86. The predicted molar refractivity (Wildman–Crippen MR) is 52.2 cm³/mol. The molecule has 15 heavy (non-hydrogen) atoms. The van der Waals surface area contributed by atoms with E-state index >= 15 is 0 Å². The summed E-state index contributed by atoms with van der Waals surface area (Å²) in [6.45, 7) is 1.98. The first-order valence-corrected chi connectivity index (χ1v) is 4.86. The summed E-state index contributed by atoms with van der Waals surface area (Å²) in [6, 6.07) is 0. The maximum atomic E-state index is 11.3. The van der Waals surface area contributed by atoms with E-state index in [0.717, 1.165) is 0 Å². The second kappa shape index (κ2) is 6.29. The van der Waals surface area contributed by atoms with Crippen molar-refractivity contribution in [1.29, 1.82) is 0 Å². The highest BCUT2D eigenvalue weighted by Gasteiger charge is 2.32. The van der Waals surface area contributed by atoms with E-state index in [1.165, 1.54) is 0 Å². The molecule has 0 radical (unpaired) electrons. The van der Waals surface area contributed by atoms with Gasteiger partial charge in [0.1, 0.15) is 11.6 Å². The Hall–Kier alpha value is -1.23. The third-order valence-corrected chi connectivity index (χ3v) is 2.30. The summed E-state index contributed by atoms with van der Waals surface area (Å²) in [5.41, 5.74) is 0. The van der Waals surface area contributed by atoms with Crippen LogP contribution in [0.15, 0.2) is 0 Å². The van der Waals surface area contributed by atoms with Gasteiger partial charge in [0, 0.05) is 12.8 Å². The fourth-order valence-electron chi connectivity index (χ4n) is 1.58. The number of ketones is 2. The van der Waals surface area contributed by atoms with Crippen LogP contribution in [0.2, 0.25) is 0 Å². The molecule has 0 amide bonds. The van der Waals surface area contributed by atoms with Crippen molar-refractivity contribution in [2.24, 2.45) is 5.92 Å². The molecule has 1 aliphatic rings. The Morgan fingerprint density at radius 2 is 1.87 bits per heavy atom. The molecular formula is C10H16O5. The van der Waals surface area contributed by atoms with Crippen molar-refractivity contribution >= 4 is 17.5 Å². The van der Waals surface area contributed by atoms with E-state index in [0.29, 0.717) is 19.3 Å². The average molecular weight is 216 g/mol. The molecule has 1 aliphatic carbocycles. The molecule has 0 aromatic heterocycles. The minimum Gasteiger partial charge on any atom is -0.466 e. The van der Waals surface area contributed by atoms with Crippen molar-refractivity contribution in [3.63, 3.8) is 0 Å². The number of hydrogen-bond donors (Lipinski definition) is 0. The van der Waals surface area contributed by atoms with Crippen molar-refractivity contribution in [2.75, 3.05) is 6.61 Å². The molecule has 2 N–H and O–H groups in total. The van der Waals surface area contributed by atoms with Crippen LogP contribution in [0.25, 0.3) is 0 Å². The monoisotopic (exact) mass is 216 g/mol. The first-order chi connectivity index (χ1) is 6.65. The van der Waals surface area contributed by atoms with Crippen molar-refractivity contribution in [2.45, 2.75) is 32.6 Å². The largest absolute Gasteiger partial charge is 0.466 e. The number of hydrogen-bond acceptors (Lipinski definition) is 4. The zero-order valence-corrected chi connectivity index (χ0v) is 8.75. The normalized spacial score (nSPS) is 17.1. The lowest BCUT2D eigenvalue weighted by atomic mass is 9.84.